The topological polar surface area (TPSA) is 74.3 Å². The van der Waals surface area contributed by atoms with Crippen LogP contribution < -0.4 is 10.6 Å². The van der Waals surface area contributed by atoms with Gasteiger partial charge in [-0.2, -0.15) is 0 Å². The summed E-state index contributed by atoms with van der Waals surface area (Å²) in [4.78, 5) is 30.4. The van der Waals surface area contributed by atoms with Gasteiger partial charge in [-0.15, -0.1) is 0 Å². The fourth-order valence-corrected chi connectivity index (χ4v) is 2.33. The smallest absolute Gasteiger partial charge is 0.274 e. The summed E-state index contributed by atoms with van der Waals surface area (Å²) in [6.45, 7) is 1.23. The fourth-order valence-electron chi connectivity index (χ4n) is 1.98. The van der Waals surface area contributed by atoms with Crippen molar-refractivity contribution in [1.82, 2.24) is 15.2 Å². The highest BCUT2D eigenvalue weighted by Gasteiger charge is 2.14. The first kappa shape index (κ1) is 19.2. The normalized spacial score (nSPS) is 10.6. The third-order valence-corrected chi connectivity index (χ3v) is 4.12. The van der Waals surface area contributed by atoms with Gasteiger partial charge in [-0.25, -0.2) is 0 Å². The molecular formula is C17H18Cl2N4O2. The van der Waals surface area contributed by atoms with Gasteiger partial charge in [0.25, 0.3) is 11.8 Å². The zero-order valence-electron chi connectivity index (χ0n) is 13.8. The van der Waals surface area contributed by atoms with Gasteiger partial charge in [-0.1, -0.05) is 29.3 Å². The summed E-state index contributed by atoms with van der Waals surface area (Å²) >= 11 is 12.0. The number of hydrogen-bond donors (Lipinski definition) is 2. The molecule has 2 amide bonds. The van der Waals surface area contributed by atoms with E-state index < -0.39 is 5.91 Å². The van der Waals surface area contributed by atoms with Crippen LogP contribution in [-0.4, -0.2) is 48.9 Å². The minimum Gasteiger partial charge on any atom is -0.351 e. The Bertz CT molecular complexity index is 781. The number of amides is 2. The molecule has 0 aliphatic rings. The van der Waals surface area contributed by atoms with E-state index in [0.717, 1.165) is 6.54 Å². The first-order valence-corrected chi connectivity index (χ1v) is 8.28. The lowest BCUT2D eigenvalue weighted by Gasteiger charge is -2.11. The molecule has 0 atom stereocenters. The molecule has 1 aromatic heterocycles. The van der Waals surface area contributed by atoms with Crippen molar-refractivity contribution in [3.05, 3.63) is 57.8 Å². The van der Waals surface area contributed by atoms with Crippen LogP contribution in [0.15, 0.2) is 36.5 Å². The van der Waals surface area contributed by atoms with Crippen molar-refractivity contribution in [3.8, 4) is 0 Å². The maximum absolute atomic E-state index is 12.3. The number of anilines is 1. The molecule has 0 saturated carbocycles. The SMILES string of the molecule is CN(C)CCNC(=O)c1ccnc(C(=O)Nc2cccc(Cl)c2Cl)c1. The number of carbonyl (C=O) groups excluding carboxylic acids is 2. The first-order chi connectivity index (χ1) is 11.9. The second kappa shape index (κ2) is 8.80. The van der Waals surface area contributed by atoms with Crippen LogP contribution in [0.5, 0.6) is 0 Å². The Hall–Kier alpha value is -2.15. The van der Waals surface area contributed by atoms with Crippen LogP contribution in [0.25, 0.3) is 0 Å². The third-order valence-electron chi connectivity index (χ3n) is 3.30. The van der Waals surface area contributed by atoms with E-state index in [4.69, 9.17) is 23.2 Å². The molecule has 0 bridgehead atoms. The van der Waals surface area contributed by atoms with Gasteiger partial charge in [0.05, 0.1) is 15.7 Å². The van der Waals surface area contributed by atoms with E-state index in [2.05, 4.69) is 15.6 Å². The minimum absolute atomic E-state index is 0.108. The van der Waals surface area contributed by atoms with Crippen LogP contribution in [0.1, 0.15) is 20.8 Å². The van der Waals surface area contributed by atoms with Crippen LogP contribution >= 0.6 is 23.2 Å². The quantitative estimate of drug-likeness (QED) is 0.807. The van der Waals surface area contributed by atoms with Crippen molar-refractivity contribution in [2.24, 2.45) is 0 Å². The second-order valence-electron chi connectivity index (χ2n) is 5.54. The van der Waals surface area contributed by atoms with E-state index >= 15 is 0 Å². The van der Waals surface area contributed by atoms with E-state index in [0.29, 0.717) is 22.8 Å². The first-order valence-electron chi connectivity index (χ1n) is 7.53. The molecule has 2 N–H and O–H groups in total. The molecule has 0 radical (unpaired) electrons. The molecule has 0 aliphatic heterocycles. The summed E-state index contributed by atoms with van der Waals surface area (Å²) in [5.74, 6) is -0.744. The zero-order valence-corrected chi connectivity index (χ0v) is 15.4. The van der Waals surface area contributed by atoms with Crippen molar-refractivity contribution in [1.29, 1.82) is 0 Å². The lowest BCUT2D eigenvalue weighted by molar-refractivity contribution is 0.0951. The standard InChI is InChI=1S/C17H18Cl2N4O2/c1-23(2)9-8-21-16(24)11-6-7-20-14(10-11)17(25)22-13-5-3-4-12(18)15(13)19/h3-7,10H,8-9H2,1-2H3,(H,21,24)(H,22,25). The molecule has 132 valence electrons. The Morgan fingerprint density at radius 1 is 1.16 bits per heavy atom. The molecule has 0 fully saturated rings. The van der Waals surface area contributed by atoms with E-state index in [-0.39, 0.29) is 16.6 Å². The molecule has 0 spiro atoms. The van der Waals surface area contributed by atoms with Gasteiger partial charge in [-0.05, 0) is 38.4 Å². The summed E-state index contributed by atoms with van der Waals surface area (Å²) in [6.07, 6.45) is 1.41. The average molecular weight is 381 g/mol. The van der Waals surface area contributed by atoms with Gasteiger partial charge in [0.15, 0.2) is 0 Å². The summed E-state index contributed by atoms with van der Waals surface area (Å²) in [7, 11) is 3.84. The minimum atomic E-state index is -0.480. The molecule has 6 nitrogen and oxygen atoms in total. The maximum Gasteiger partial charge on any atom is 0.274 e. The number of carbonyl (C=O) groups is 2. The van der Waals surface area contributed by atoms with Gasteiger partial charge in [0.1, 0.15) is 5.69 Å². The summed E-state index contributed by atoms with van der Waals surface area (Å²) in [5, 5.41) is 6.00. The van der Waals surface area contributed by atoms with Crippen LogP contribution in [0.3, 0.4) is 0 Å². The van der Waals surface area contributed by atoms with E-state index in [1.54, 1.807) is 24.3 Å². The number of hydrogen-bond acceptors (Lipinski definition) is 4. The highest BCUT2D eigenvalue weighted by molar-refractivity contribution is 6.44. The monoisotopic (exact) mass is 380 g/mol. The number of halogens is 2. The number of benzene rings is 1. The van der Waals surface area contributed by atoms with Crippen LogP contribution in [0, 0.1) is 0 Å². The number of likely N-dealkylation sites (N-methyl/N-ethyl adjacent to an activating group) is 1. The molecule has 0 unspecified atom stereocenters. The van der Waals surface area contributed by atoms with Gasteiger partial charge in [-0.3, -0.25) is 14.6 Å². The molecule has 0 saturated heterocycles. The Balaban J connectivity index is 2.08. The van der Waals surface area contributed by atoms with Crippen molar-refractivity contribution in [2.75, 3.05) is 32.5 Å². The Morgan fingerprint density at radius 3 is 2.64 bits per heavy atom. The number of rotatable bonds is 6. The van der Waals surface area contributed by atoms with Gasteiger partial charge in [0.2, 0.25) is 0 Å². The Morgan fingerprint density at radius 2 is 1.92 bits per heavy atom. The lowest BCUT2D eigenvalue weighted by Crippen LogP contribution is -2.31. The molecular weight excluding hydrogens is 363 g/mol. The highest BCUT2D eigenvalue weighted by Crippen LogP contribution is 2.29. The van der Waals surface area contributed by atoms with Crippen molar-refractivity contribution in [2.45, 2.75) is 0 Å². The number of pyridine rings is 1. The number of nitrogens with zero attached hydrogens (tertiary/aromatic N) is 2. The van der Waals surface area contributed by atoms with Crippen molar-refractivity contribution < 1.29 is 9.59 Å². The van der Waals surface area contributed by atoms with Gasteiger partial charge >= 0.3 is 0 Å². The fraction of sp³-hybridized carbons (Fsp3) is 0.235. The summed E-state index contributed by atoms with van der Waals surface area (Å²) in [6, 6.07) is 7.90. The number of nitrogens with one attached hydrogen (secondary N) is 2. The van der Waals surface area contributed by atoms with Crippen molar-refractivity contribution in [3.63, 3.8) is 0 Å². The molecule has 2 aromatic rings. The van der Waals surface area contributed by atoms with E-state index in [1.807, 2.05) is 19.0 Å². The third kappa shape index (κ3) is 5.42. The highest BCUT2D eigenvalue weighted by atomic mass is 35.5. The van der Waals surface area contributed by atoms with Crippen LogP contribution in [-0.2, 0) is 0 Å². The molecule has 0 aliphatic carbocycles. The Labute approximate surface area is 156 Å². The summed E-state index contributed by atoms with van der Waals surface area (Å²) < 4.78 is 0. The van der Waals surface area contributed by atoms with Crippen LogP contribution in [0.4, 0.5) is 5.69 Å². The largest absolute Gasteiger partial charge is 0.351 e. The van der Waals surface area contributed by atoms with Crippen LogP contribution in [0.2, 0.25) is 10.0 Å². The molecule has 8 heteroatoms. The molecule has 2 rings (SSSR count). The van der Waals surface area contributed by atoms with E-state index in [1.165, 1.54) is 12.3 Å². The van der Waals surface area contributed by atoms with E-state index in [9.17, 15) is 9.59 Å². The zero-order chi connectivity index (χ0) is 18.4. The second-order valence-corrected chi connectivity index (χ2v) is 6.33. The average Bonchev–Trinajstić information content (AvgIpc) is 2.58. The predicted octanol–water partition coefficient (Wildman–Crippen LogP) is 2.93. The Kier molecular flexibility index (Phi) is 6.75. The van der Waals surface area contributed by atoms with Gasteiger partial charge < -0.3 is 15.5 Å². The predicted molar refractivity (Wildman–Crippen MR) is 99.5 cm³/mol. The van der Waals surface area contributed by atoms with Gasteiger partial charge in [0, 0.05) is 24.8 Å². The molecule has 1 heterocycles. The molecule has 1 aromatic carbocycles. The maximum atomic E-state index is 12.3. The summed E-state index contributed by atoms with van der Waals surface area (Å²) in [5.41, 5.74) is 0.842. The lowest BCUT2D eigenvalue weighted by atomic mass is 10.2. The number of aromatic nitrogens is 1. The van der Waals surface area contributed by atoms with Crippen molar-refractivity contribution >= 4 is 40.7 Å². The molecule has 25 heavy (non-hydrogen) atoms.